The summed E-state index contributed by atoms with van der Waals surface area (Å²) in [7, 11) is 0. The van der Waals surface area contributed by atoms with E-state index in [0.29, 0.717) is 12.0 Å². The SMILES string of the molecule is CC(C)[C@@H]1C2=C(OC(=O)c3ccccc3)C(=O)[C@H]1CC(=O)CCCCCCCC2. The minimum absolute atomic E-state index is 0.0224. The van der Waals surface area contributed by atoms with Gasteiger partial charge in [-0.25, -0.2) is 4.79 Å². The number of allylic oxidation sites excluding steroid dienone is 2. The second kappa shape index (κ2) is 10.00. The predicted molar refractivity (Wildman–Crippen MR) is 112 cm³/mol. The monoisotopic (exact) mass is 396 g/mol. The minimum Gasteiger partial charge on any atom is -0.419 e. The Bertz CT molecular complexity index is 775. The third kappa shape index (κ3) is 5.23. The average molecular weight is 397 g/mol. The van der Waals surface area contributed by atoms with E-state index >= 15 is 0 Å². The predicted octanol–water partition coefficient (Wildman–Crippen LogP) is 5.66. The fraction of sp³-hybridized carbons (Fsp3) is 0.560. The van der Waals surface area contributed by atoms with Crippen LogP contribution in [-0.4, -0.2) is 17.5 Å². The van der Waals surface area contributed by atoms with Crippen LogP contribution in [0.5, 0.6) is 0 Å². The number of carbonyl (C=O) groups is 3. The largest absolute Gasteiger partial charge is 0.419 e. The molecule has 0 unspecified atom stereocenters. The zero-order valence-corrected chi connectivity index (χ0v) is 17.6. The number of carbonyl (C=O) groups excluding carboxylic acids is 3. The van der Waals surface area contributed by atoms with E-state index < -0.39 is 11.9 Å². The van der Waals surface area contributed by atoms with E-state index in [2.05, 4.69) is 13.8 Å². The number of hydrogen-bond acceptors (Lipinski definition) is 4. The molecule has 4 heteroatoms. The Balaban J connectivity index is 1.92. The number of rotatable bonds is 3. The molecule has 0 aliphatic heterocycles. The Hall–Kier alpha value is -2.23. The molecule has 0 spiro atoms. The molecule has 156 valence electrons. The van der Waals surface area contributed by atoms with Crippen molar-refractivity contribution in [2.45, 2.75) is 71.6 Å². The van der Waals surface area contributed by atoms with Crippen molar-refractivity contribution in [3.05, 3.63) is 47.2 Å². The fourth-order valence-corrected chi connectivity index (χ4v) is 4.78. The summed E-state index contributed by atoms with van der Waals surface area (Å²) in [5, 5.41) is 0. The minimum atomic E-state index is -0.498. The summed E-state index contributed by atoms with van der Waals surface area (Å²) in [6.07, 6.45) is 7.93. The first-order valence-corrected chi connectivity index (χ1v) is 11.0. The van der Waals surface area contributed by atoms with Gasteiger partial charge in [0.15, 0.2) is 5.76 Å². The molecule has 1 aromatic carbocycles. The van der Waals surface area contributed by atoms with E-state index in [4.69, 9.17) is 4.74 Å². The van der Waals surface area contributed by atoms with Gasteiger partial charge in [-0.05, 0) is 48.8 Å². The van der Waals surface area contributed by atoms with Crippen LogP contribution in [0.1, 0.15) is 82.0 Å². The van der Waals surface area contributed by atoms with Crippen molar-refractivity contribution in [3.8, 4) is 0 Å². The Morgan fingerprint density at radius 3 is 2.21 bits per heavy atom. The van der Waals surface area contributed by atoms with Crippen molar-refractivity contribution < 1.29 is 19.1 Å². The van der Waals surface area contributed by atoms with Crippen LogP contribution in [0.4, 0.5) is 0 Å². The van der Waals surface area contributed by atoms with Crippen LogP contribution < -0.4 is 0 Å². The molecule has 1 fully saturated rings. The normalized spacial score (nSPS) is 24.1. The number of ether oxygens (including phenoxy) is 1. The van der Waals surface area contributed by atoms with Crippen LogP contribution >= 0.6 is 0 Å². The number of esters is 1. The van der Waals surface area contributed by atoms with Crippen molar-refractivity contribution in [1.82, 2.24) is 0 Å². The van der Waals surface area contributed by atoms with Gasteiger partial charge in [-0.3, -0.25) is 9.59 Å². The smallest absolute Gasteiger partial charge is 0.343 e. The number of fused-ring (bicyclic) bond motifs is 2. The summed E-state index contributed by atoms with van der Waals surface area (Å²) in [5.41, 5.74) is 1.38. The van der Waals surface area contributed by atoms with Gasteiger partial charge in [-0.1, -0.05) is 57.7 Å². The van der Waals surface area contributed by atoms with Gasteiger partial charge in [0, 0.05) is 18.8 Å². The van der Waals surface area contributed by atoms with Crippen molar-refractivity contribution in [2.75, 3.05) is 0 Å². The number of ketones is 2. The fourth-order valence-electron chi connectivity index (χ4n) is 4.78. The lowest BCUT2D eigenvalue weighted by molar-refractivity contribution is -0.127. The quantitative estimate of drug-likeness (QED) is 0.618. The zero-order valence-electron chi connectivity index (χ0n) is 17.6. The summed E-state index contributed by atoms with van der Waals surface area (Å²) in [6.45, 7) is 4.19. The lowest BCUT2D eigenvalue weighted by Gasteiger charge is -2.24. The average Bonchev–Trinajstić information content (AvgIpc) is 2.96. The van der Waals surface area contributed by atoms with Gasteiger partial charge in [-0.15, -0.1) is 0 Å². The molecule has 29 heavy (non-hydrogen) atoms. The maximum atomic E-state index is 13.3. The van der Waals surface area contributed by atoms with Gasteiger partial charge >= 0.3 is 5.97 Å². The standard InChI is InChI=1S/C25H32O4/c1-17(2)22-20-15-11-6-4-3-5-10-14-19(26)16-21(22)23(27)24(20)29-25(28)18-12-8-7-9-13-18/h7-9,12-13,17,21-22H,3-6,10-11,14-16H2,1-2H3/t21-,22+/m0/s1. The molecule has 1 aromatic rings. The van der Waals surface area contributed by atoms with E-state index in [1.165, 1.54) is 0 Å². The molecule has 0 radical (unpaired) electrons. The molecule has 0 aromatic heterocycles. The summed E-state index contributed by atoms with van der Waals surface area (Å²) in [4.78, 5) is 38.5. The van der Waals surface area contributed by atoms with E-state index in [1.807, 2.05) is 6.07 Å². The highest BCUT2D eigenvalue weighted by Crippen LogP contribution is 2.44. The van der Waals surface area contributed by atoms with Crippen molar-refractivity contribution in [1.29, 1.82) is 0 Å². The molecule has 2 aliphatic carbocycles. The Morgan fingerprint density at radius 2 is 1.55 bits per heavy atom. The van der Waals surface area contributed by atoms with Gasteiger partial charge < -0.3 is 4.74 Å². The van der Waals surface area contributed by atoms with E-state index in [0.717, 1.165) is 50.5 Å². The number of benzene rings is 1. The lowest BCUT2D eigenvalue weighted by atomic mass is 9.78. The molecule has 0 saturated heterocycles. The van der Waals surface area contributed by atoms with E-state index in [-0.39, 0.29) is 35.6 Å². The van der Waals surface area contributed by atoms with Crippen LogP contribution in [0.25, 0.3) is 0 Å². The summed E-state index contributed by atoms with van der Waals surface area (Å²) in [6, 6.07) is 8.77. The van der Waals surface area contributed by atoms with E-state index in [1.54, 1.807) is 24.3 Å². The first kappa shape index (κ1) is 21.5. The first-order chi connectivity index (χ1) is 14.0. The molecular weight excluding hydrogens is 364 g/mol. The van der Waals surface area contributed by atoms with Gasteiger partial charge in [0.2, 0.25) is 5.78 Å². The number of Topliss-reactive ketones (excluding diaryl/α,β-unsaturated/α-hetero) is 2. The third-order valence-corrected chi connectivity index (χ3v) is 6.21. The molecule has 2 atom stereocenters. The Kier molecular flexibility index (Phi) is 7.40. The zero-order chi connectivity index (χ0) is 20.8. The topological polar surface area (TPSA) is 60.4 Å². The molecule has 0 heterocycles. The molecule has 0 amide bonds. The highest BCUT2D eigenvalue weighted by Gasteiger charge is 2.45. The Morgan fingerprint density at radius 1 is 0.931 bits per heavy atom. The molecule has 2 bridgehead atoms. The summed E-state index contributed by atoms with van der Waals surface area (Å²) < 4.78 is 5.70. The van der Waals surface area contributed by atoms with Crippen LogP contribution in [0.2, 0.25) is 0 Å². The van der Waals surface area contributed by atoms with Gasteiger partial charge in [0.1, 0.15) is 5.78 Å². The van der Waals surface area contributed by atoms with Crippen molar-refractivity contribution >= 4 is 17.5 Å². The first-order valence-electron chi connectivity index (χ1n) is 11.0. The molecule has 3 rings (SSSR count). The summed E-state index contributed by atoms with van der Waals surface area (Å²) >= 11 is 0. The van der Waals surface area contributed by atoms with Crippen LogP contribution in [-0.2, 0) is 14.3 Å². The second-order valence-electron chi connectivity index (χ2n) is 8.71. The van der Waals surface area contributed by atoms with Gasteiger partial charge in [0.05, 0.1) is 5.56 Å². The maximum absolute atomic E-state index is 13.3. The Labute approximate surface area is 173 Å². The molecular formula is C25H32O4. The van der Waals surface area contributed by atoms with Crippen molar-refractivity contribution in [3.63, 3.8) is 0 Å². The molecule has 1 saturated carbocycles. The van der Waals surface area contributed by atoms with Gasteiger partial charge in [-0.2, -0.15) is 0 Å². The number of hydrogen-bond donors (Lipinski definition) is 0. The lowest BCUT2D eigenvalue weighted by Crippen LogP contribution is -2.25. The molecule has 2 aliphatic rings. The van der Waals surface area contributed by atoms with Gasteiger partial charge in [0.25, 0.3) is 0 Å². The third-order valence-electron chi connectivity index (χ3n) is 6.21. The van der Waals surface area contributed by atoms with Crippen LogP contribution in [0.3, 0.4) is 0 Å². The molecule has 4 nitrogen and oxygen atoms in total. The van der Waals surface area contributed by atoms with Crippen LogP contribution in [0, 0.1) is 17.8 Å². The van der Waals surface area contributed by atoms with Crippen LogP contribution in [0.15, 0.2) is 41.7 Å². The van der Waals surface area contributed by atoms with Crippen molar-refractivity contribution in [2.24, 2.45) is 17.8 Å². The second-order valence-corrected chi connectivity index (χ2v) is 8.71. The highest BCUT2D eigenvalue weighted by molar-refractivity contribution is 6.04. The maximum Gasteiger partial charge on any atom is 0.343 e. The highest BCUT2D eigenvalue weighted by atomic mass is 16.5. The van der Waals surface area contributed by atoms with E-state index in [9.17, 15) is 14.4 Å². The molecule has 0 N–H and O–H groups in total. The summed E-state index contributed by atoms with van der Waals surface area (Å²) in [5.74, 6) is -0.488.